The van der Waals surface area contributed by atoms with Crippen LogP contribution in [0.2, 0.25) is 0 Å². The van der Waals surface area contributed by atoms with Gasteiger partial charge in [-0.2, -0.15) is 0 Å². The van der Waals surface area contributed by atoms with Crippen molar-refractivity contribution in [2.45, 2.75) is 0 Å². The first-order chi connectivity index (χ1) is 43.7. The largest absolute Gasteiger partial charge is 0.0622 e. The lowest BCUT2D eigenvalue weighted by Crippen LogP contribution is -1.93. The van der Waals surface area contributed by atoms with Gasteiger partial charge in [-0.3, -0.25) is 0 Å². The van der Waals surface area contributed by atoms with Gasteiger partial charge in [0.25, 0.3) is 0 Å². The molecular weight excluding hydrogens is 1060 g/mol. The first-order valence-corrected chi connectivity index (χ1v) is 30.7. The average molecular weight is 1110 g/mol. The van der Waals surface area contributed by atoms with Crippen LogP contribution in [0.25, 0.3) is 154 Å². The van der Waals surface area contributed by atoms with Crippen LogP contribution in [-0.2, 0) is 0 Å². The SMILES string of the molecule is c1ccc(-c2cccc(-c3c4c(c(-c5cccc(-c6ccccc6)c5)c5ccccc35)=c3ccc5c6ccc7c8c(ccc(c9ccc=4c3c95)c86)=c3c(-c4cccc(-c5ccccc5)c4)c4ccccc4c(-c4cccc(-c5ccccc5)c4)c3=7)c2)cc1. The lowest BCUT2D eigenvalue weighted by atomic mass is 9.87. The van der Waals surface area contributed by atoms with Crippen molar-refractivity contribution in [2.75, 3.05) is 0 Å². The van der Waals surface area contributed by atoms with Gasteiger partial charge >= 0.3 is 0 Å². The molecule has 0 nitrogen and oxygen atoms in total. The molecule has 0 spiro atoms. The molecule has 0 saturated heterocycles. The second-order valence-corrected chi connectivity index (χ2v) is 24.0. The molecule has 19 rings (SSSR count). The van der Waals surface area contributed by atoms with E-state index in [2.05, 4.69) is 315 Å². The molecule has 0 heteroatoms. The molecule has 0 amide bonds. The van der Waals surface area contributed by atoms with Gasteiger partial charge in [-0.1, -0.05) is 291 Å². The lowest BCUT2D eigenvalue weighted by molar-refractivity contribution is 1.49. The van der Waals surface area contributed by atoms with Gasteiger partial charge in [0.05, 0.1) is 0 Å². The Kier molecular flexibility index (Phi) is 10.6. The molecule has 0 bridgehead atoms. The number of rotatable bonds is 8. The third-order valence-electron chi connectivity index (χ3n) is 19.4. The Balaban J connectivity index is 0.964. The summed E-state index contributed by atoms with van der Waals surface area (Å²) in [5.41, 5.74) is 19.6. The van der Waals surface area contributed by atoms with E-state index in [1.54, 1.807) is 0 Å². The van der Waals surface area contributed by atoms with E-state index in [-0.39, 0.29) is 0 Å². The van der Waals surface area contributed by atoms with Crippen LogP contribution in [-0.4, -0.2) is 0 Å². The van der Waals surface area contributed by atoms with Crippen molar-refractivity contribution in [3.05, 3.63) is 357 Å². The van der Waals surface area contributed by atoms with Crippen molar-refractivity contribution in [3.63, 3.8) is 0 Å². The maximum absolute atomic E-state index is 2.48. The maximum atomic E-state index is 2.48. The maximum Gasteiger partial charge on any atom is -0.000740 e. The van der Waals surface area contributed by atoms with E-state index in [9.17, 15) is 0 Å². The number of fused-ring (bicyclic) bond motifs is 6. The van der Waals surface area contributed by atoms with E-state index in [0.29, 0.717) is 0 Å². The van der Waals surface area contributed by atoms with Crippen molar-refractivity contribution in [3.8, 4) is 89.0 Å². The number of hydrogen-bond acceptors (Lipinski definition) is 0. The van der Waals surface area contributed by atoms with E-state index in [4.69, 9.17) is 0 Å². The fourth-order valence-corrected chi connectivity index (χ4v) is 15.8. The molecule has 0 saturated carbocycles. The topological polar surface area (TPSA) is 0 Å². The molecule has 0 atom stereocenters. The molecule has 0 heterocycles. The van der Waals surface area contributed by atoms with Crippen molar-refractivity contribution in [2.24, 2.45) is 0 Å². The molecule has 0 aromatic heterocycles. The molecule has 0 aliphatic heterocycles. The van der Waals surface area contributed by atoms with E-state index in [1.807, 2.05) is 0 Å². The van der Waals surface area contributed by atoms with Gasteiger partial charge < -0.3 is 0 Å². The Labute approximate surface area is 507 Å². The van der Waals surface area contributed by atoms with Crippen LogP contribution in [0.15, 0.2) is 315 Å². The highest BCUT2D eigenvalue weighted by atomic mass is 14.3. The van der Waals surface area contributed by atoms with Crippen LogP contribution in [0.4, 0.5) is 0 Å². The Hall–Kier alpha value is -11.4. The summed E-state index contributed by atoms with van der Waals surface area (Å²) in [6.07, 6.45) is 0. The van der Waals surface area contributed by atoms with Crippen LogP contribution < -0.4 is 0 Å². The zero-order chi connectivity index (χ0) is 57.6. The minimum absolute atomic E-state index is 1.21. The van der Waals surface area contributed by atoms with Gasteiger partial charge in [-0.05, 0) is 220 Å². The molecule has 2 aliphatic rings. The summed E-state index contributed by atoms with van der Waals surface area (Å²) in [5.74, 6) is 0. The summed E-state index contributed by atoms with van der Waals surface area (Å²) >= 11 is 0. The minimum Gasteiger partial charge on any atom is -0.0622 e. The summed E-state index contributed by atoms with van der Waals surface area (Å²) in [7, 11) is 0. The van der Waals surface area contributed by atoms with Gasteiger partial charge in [-0.15, -0.1) is 0 Å². The minimum atomic E-state index is 1.21. The smallest absolute Gasteiger partial charge is 0.000740 e. The summed E-state index contributed by atoms with van der Waals surface area (Å²) in [4.78, 5) is 0. The predicted octanol–water partition coefficient (Wildman–Crippen LogP) is 23.2. The zero-order valence-electron chi connectivity index (χ0n) is 48.0. The highest BCUT2D eigenvalue weighted by molar-refractivity contribution is 6.33. The molecule has 0 unspecified atom stereocenters. The second-order valence-electron chi connectivity index (χ2n) is 24.0. The Morgan fingerprint density at radius 1 is 0.125 bits per heavy atom. The van der Waals surface area contributed by atoms with Crippen LogP contribution in [0.1, 0.15) is 0 Å². The van der Waals surface area contributed by atoms with Crippen LogP contribution >= 0.6 is 0 Å². The highest BCUT2D eigenvalue weighted by Gasteiger charge is 2.26. The van der Waals surface area contributed by atoms with Crippen molar-refractivity contribution >= 4 is 64.6 Å². The van der Waals surface area contributed by atoms with Crippen LogP contribution in [0.5, 0.6) is 0 Å². The molecule has 2 aliphatic carbocycles. The quantitative estimate of drug-likeness (QED) is 0.105. The van der Waals surface area contributed by atoms with Gasteiger partial charge in [0, 0.05) is 0 Å². The fourth-order valence-electron chi connectivity index (χ4n) is 15.8. The summed E-state index contributed by atoms with van der Waals surface area (Å²) < 4.78 is 0. The number of hydrogen-bond donors (Lipinski definition) is 0. The Bertz CT molecular complexity index is 5490. The summed E-state index contributed by atoms with van der Waals surface area (Å²) in [6.45, 7) is 0. The first-order valence-electron chi connectivity index (χ1n) is 30.7. The molecule has 0 fully saturated rings. The van der Waals surface area contributed by atoms with E-state index < -0.39 is 0 Å². The van der Waals surface area contributed by atoms with Gasteiger partial charge in [0.1, 0.15) is 0 Å². The number of benzene rings is 17. The molecule has 404 valence electrons. The standard InChI is InChI=1S/C88H52/c1-5-21-53(22-6-1)57-29-17-33-61(49-57)77-65-37-13-14-38-66(65)78(62-34-18-30-58(50-62)54-23-7-2-8-24-54)86-74-46-42-70-72-44-48-76-84-75(47-43-71(82(72)84)69-41-45-73(85(77)86)83(74)81(69)70)87-79(63-35-19-31-59(51-63)55-25-9-3-10-26-55)67-39-15-16-40-68(67)80(88(76)87)64-36-20-32-60(52-64)56-27-11-4-12-28-56/h1-52H. The molecule has 17 aromatic rings. The van der Waals surface area contributed by atoms with Gasteiger partial charge in [-0.25, -0.2) is 0 Å². The normalized spacial score (nSPS) is 12.1. The average Bonchev–Trinajstić information content (AvgIpc) is 1.49. The third kappa shape index (κ3) is 7.09. The summed E-state index contributed by atoms with van der Waals surface area (Å²) in [6, 6.07) is 118. The van der Waals surface area contributed by atoms with Crippen molar-refractivity contribution in [1.29, 1.82) is 0 Å². The third-order valence-corrected chi connectivity index (χ3v) is 19.4. The summed E-state index contributed by atoms with van der Waals surface area (Å²) in [5, 5.41) is 25.9. The van der Waals surface area contributed by atoms with Crippen molar-refractivity contribution < 1.29 is 0 Å². The Morgan fingerprint density at radius 2 is 0.330 bits per heavy atom. The van der Waals surface area contributed by atoms with E-state index >= 15 is 0 Å². The highest BCUT2D eigenvalue weighted by Crippen LogP contribution is 2.50. The van der Waals surface area contributed by atoms with Crippen LogP contribution in [0, 0.1) is 41.7 Å². The van der Waals surface area contributed by atoms with E-state index in [0.717, 1.165) is 0 Å². The molecule has 0 N–H and O–H groups in total. The predicted molar refractivity (Wildman–Crippen MR) is 370 cm³/mol. The molecule has 17 aromatic carbocycles. The van der Waals surface area contributed by atoms with Gasteiger partial charge in [0.15, 0.2) is 0 Å². The molecular formula is C88H52. The monoisotopic (exact) mass is 1110 g/mol. The molecule has 0 radical (unpaired) electrons. The fraction of sp³-hybridized carbons (Fsp3) is 0. The van der Waals surface area contributed by atoms with Gasteiger partial charge in [0.2, 0.25) is 0 Å². The zero-order valence-corrected chi connectivity index (χ0v) is 48.0. The first kappa shape index (κ1) is 48.9. The second kappa shape index (κ2) is 19.0. The van der Waals surface area contributed by atoms with Crippen LogP contribution in [0.3, 0.4) is 0 Å². The van der Waals surface area contributed by atoms with Crippen molar-refractivity contribution in [1.82, 2.24) is 0 Å². The molecule has 88 heavy (non-hydrogen) atoms. The lowest BCUT2D eigenvalue weighted by Gasteiger charge is -2.16. The Morgan fingerprint density at radius 3 is 0.568 bits per heavy atom. The van der Waals surface area contributed by atoms with E-state index in [1.165, 1.54) is 195 Å².